The van der Waals surface area contributed by atoms with Crippen LogP contribution in [0.4, 0.5) is 0 Å². The SMILES string of the molecule is CC(Oc1ccccc1-c1cccc(-c2ccn[nH]2)c1)C(N)=O. The molecule has 0 fully saturated rings. The van der Waals surface area contributed by atoms with E-state index in [0.29, 0.717) is 5.75 Å². The number of aromatic nitrogens is 2. The predicted molar refractivity (Wildman–Crippen MR) is 88.7 cm³/mol. The highest BCUT2D eigenvalue weighted by molar-refractivity contribution is 5.80. The van der Waals surface area contributed by atoms with Gasteiger partial charge in [-0.05, 0) is 30.7 Å². The molecule has 0 saturated carbocycles. The van der Waals surface area contributed by atoms with Gasteiger partial charge in [-0.15, -0.1) is 0 Å². The van der Waals surface area contributed by atoms with Crippen LogP contribution in [0.1, 0.15) is 6.92 Å². The maximum absolute atomic E-state index is 11.2. The number of carbonyl (C=O) groups excluding carboxylic acids is 1. The molecule has 116 valence electrons. The molecule has 1 aromatic heterocycles. The topological polar surface area (TPSA) is 81.0 Å². The molecule has 1 amide bonds. The maximum Gasteiger partial charge on any atom is 0.258 e. The number of primary amides is 1. The van der Waals surface area contributed by atoms with Crippen LogP contribution in [0.2, 0.25) is 0 Å². The molecule has 0 radical (unpaired) electrons. The van der Waals surface area contributed by atoms with Crippen LogP contribution in [0.3, 0.4) is 0 Å². The van der Waals surface area contributed by atoms with Gasteiger partial charge in [-0.2, -0.15) is 5.10 Å². The van der Waals surface area contributed by atoms with E-state index in [1.807, 2.05) is 54.6 Å². The Morgan fingerprint density at radius 1 is 1.13 bits per heavy atom. The van der Waals surface area contributed by atoms with Crippen molar-refractivity contribution in [3.8, 4) is 28.1 Å². The van der Waals surface area contributed by atoms with Crippen molar-refractivity contribution in [3.05, 3.63) is 60.8 Å². The molecule has 1 unspecified atom stereocenters. The van der Waals surface area contributed by atoms with Gasteiger partial charge >= 0.3 is 0 Å². The zero-order valence-corrected chi connectivity index (χ0v) is 12.7. The third kappa shape index (κ3) is 3.23. The second-order valence-corrected chi connectivity index (χ2v) is 5.21. The Bertz CT molecular complexity index is 813. The number of rotatable bonds is 5. The van der Waals surface area contributed by atoms with E-state index >= 15 is 0 Å². The van der Waals surface area contributed by atoms with Gasteiger partial charge in [-0.25, -0.2) is 0 Å². The lowest BCUT2D eigenvalue weighted by molar-refractivity contribution is -0.123. The van der Waals surface area contributed by atoms with Gasteiger partial charge in [0.25, 0.3) is 5.91 Å². The highest BCUT2D eigenvalue weighted by atomic mass is 16.5. The summed E-state index contributed by atoms with van der Waals surface area (Å²) in [5, 5.41) is 6.93. The van der Waals surface area contributed by atoms with E-state index in [0.717, 1.165) is 22.4 Å². The molecule has 0 aliphatic carbocycles. The van der Waals surface area contributed by atoms with Gasteiger partial charge < -0.3 is 10.5 Å². The molecule has 0 bridgehead atoms. The number of para-hydroxylation sites is 1. The molecule has 0 aliphatic rings. The van der Waals surface area contributed by atoms with Crippen LogP contribution < -0.4 is 10.5 Å². The minimum Gasteiger partial charge on any atom is -0.480 e. The fraction of sp³-hybridized carbons (Fsp3) is 0.111. The summed E-state index contributed by atoms with van der Waals surface area (Å²) >= 11 is 0. The van der Waals surface area contributed by atoms with Gasteiger partial charge in [-0.1, -0.05) is 36.4 Å². The van der Waals surface area contributed by atoms with E-state index in [2.05, 4.69) is 10.2 Å². The van der Waals surface area contributed by atoms with Gasteiger partial charge in [0.2, 0.25) is 0 Å². The third-order valence-electron chi connectivity index (χ3n) is 3.58. The Kier molecular flexibility index (Phi) is 4.10. The normalized spacial score (nSPS) is 11.9. The summed E-state index contributed by atoms with van der Waals surface area (Å²) < 4.78 is 5.70. The quantitative estimate of drug-likeness (QED) is 0.760. The minimum absolute atomic E-state index is 0.494. The summed E-state index contributed by atoms with van der Waals surface area (Å²) in [6.07, 6.45) is 1.03. The fourth-order valence-corrected chi connectivity index (χ4v) is 2.33. The van der Waals surface area contributed by atoms with Gasteiger partial charge in [-0.3, -0.25) is 9.89 Å². The molecule has 3 N–H and O–H groups in total. The Balaban J connectivity index is 1.99. The number of aromatic amines is 1. The van der Waals surface area contributed by atoms with Crippen molar-refractivity contribution in [3.63, 3.8) is 0 Å². The molecule has 0 saturated heterocycles. The molecule has 1 heterocycles. The van der Waals surface area contributed by atoms with Gasteiger partial charge in [0, 0.05) is 17.3 Å². The van der Waals surface area contributed by atoms with Gasteiger partial charge in [0.05, 0.1) is 5.69 Å². The van der Waals surface area contributed by atoms with E-state index < -0.39 is 12.0 Å². The monoisotopic (exact) mass is 307 g/mol. The highest BCUT2D eigenvalue weighted by Gasteiger charge is 2.14. The average molecular weight is 307 g/mol. The number of nitrogens with zero attached hydrogens (tertiary/aromatic N) is 1. The van der Waals surface area contributed by atoms with Crippen LogP contribution >= 0.6 is 0 Å². The van der Waals surface area contributed by atoms with Crippen LogP contribution in [0, 0.1) is 0 Å². The van der Waals surface area contributed by atoms with Crippen molar-refractivity contribution in [2.45, 2.75) is 13.0 Å². The summed E-state index contributed by atoms with van der Waals surface area (Å²) in [4.78, 5) is 11.2. The number of hydrogen-bond donors (Lipinski definition) is 2. The summed E-state index contributed by atoms with van der Waals surface area (Å²) in [6, 6.07) is 17.5. The average Bonchev–Trinajstić information content (AvgIpc) is 3.10. The molecular formula is C18H17N3O2. The Labute approximate surface area is 134 Å². The predicted octanol–water partition coefficient (Wildman–Crippen LogP) is 3.00. The van der Waals surface area contributed by atoms with Gasteiger partial charge in [0.15, 0.2) is 6.10 Å². The number of H-pyrrole nitrogens is 1. The van der Waals surface area contributed by atoms with Crippen molar-refractivity contribution in [1.82, 2.24) is 10.2 Å². The lowest BCUT2D eigenvalue weighted by Gasteiger charge is -2.15. The standard InChI is InChI=1S/C18H17N3O2/c1-12(18(19)22)23-17-8-3-2-7-15(17)13-5-4-6-14(11-13)16-9-10-20-21-16/h2-12H,1H3,(H2,19,22)(H,20,21). The lowest BCUT2D eigenvalue weighted by atomic mass is 10.0. The second kappa shape index (κ2) is 6.36. The van der Waals surface area contributed by atoms with E-state index in [4.69, 9.17) is 10.5 Å². The van der Waals surface area contributed by atoms with Crippen LogP contribution in [0.25, 0.3) is 22.4 Å². The largest absolute Gasteiger partial charge is 0.480 e. The van der Waals surface area contributed by atoms with E-state index in [1.54, 1.807) is 13.1 Å². The van der Waals surface area contributed by atoms with Crippen molar-refractivity contribution in [1.29, 1.82) is 0 Å². The number of benzene rings is 2. The van der Waals surface area contributed by atoms with Crippen molar-refractivity contribution in [2.75, 3.05) is 0 Å². The molecule has 0 spiro atoms. The molecule has 23 heavy (non-hydrogen) atoms. The first-order valence-electron chi connectivity index (χ1n) is 7.30. The first-order valence-corrected chi connectivity index (χ1v) is 7.30. The summed E-state index contributed by atoms with van der Waals surface area (Å²) in [7, 11) is 0. The second-order valence-electron chi connectivity index (χ2n) is 5.21. The number of ether oxygens (including phenoxy) is 1. The van der Waals surface area contributed by atoms with Crippen molar-refractivity contribution < 1.29 is 9.53 Å². The smallest absolute Gasteiger partial charge is 0.258 e. The Morgan fingerprint density at radius 2 is 1.91 bits per heavy atom. The van der Waals surface area contributed by atoms with Crippen LogP contribution in [-0.2, 0) is 4.79 Å². The molecule has 2 aromatic carbocycles. The number of nitrogens with two attached hydrogens (primary N) is 1. The molecular weight excluding hydrogens is 290 g/mol. The summed E-state index contributed by atoms with van der Waals surface area (Å²) in [6.45, 7) is 1.64. The van der Waals surface area contributed by atoms with Crippen molar-refractivity contribution >= 4 is 5.91 Å². The molecule has 0 aliphatic heterocycles. The van der Waals surface area contributed by atoms with E-state index in [-0.39, 0.29) is 0 Å². The molecule has 3 rings (SSSR count). The van der Waals surface area contributed by atoms with Crippen LogP contribution in [0.15, 0.2) is 60.8 Å². The Morgan fingerprint density at radius 3 is 2.65 bits per heavy atom. The highest BCUT2D eigenvalue weighted by Crippen LogP contribution is 2.32. The first-order chi connectivity index (χ1) is 11.1. The summed E-state index contributed by atoms with van der Waals surface area (Å²) in [5.41, 5.74) is 9.15. The van der Waals surface area contributed by atoms with Crippen LogP contribution in [-0.4, -0.2) is 22.2 Å². The molecule has 5 nitrogen and oxygen atoms in total. The fourth-order valence-electron chi connectivity index (χ4n) is 2.33. The first kappa shape index (κ1) is 14.8. The number of amides is 1. The zero-order valence-electron chi connectivity index (χ0n) is 12.7. The zero-order chi connectivity index (χ0) is 16.2. The minimum atomic E-state index is -0.688. The van der Waals surface area contributed by atoms with E-state index in [9.17, 15) is 4.79 Å². The van der Waals surface area contributed by atoms with Crippen LogP contribution in [0.5, 0.6) is 5.75 Å². The number of nitrogens with one attached hydrogen (secondary N) is 1. The molecule has 1 atom stereocenters. The Hall–Kier alpha value is -3.08. The molecule has 5 heteroatoms. The van der Waals surface area contributed by atoms with Crippen molar-refractivity contribution in [2.24, 2.45) is 5.73 Å². The number of hydrogen-bond acceptors (Lipinski definition) is 3. The summed E-state index contributed by atoms with van der Waals surface area (Å²) in [5.74, 6) is 0.131. The third-order valence-corrected chi connectivity index (χ3v) is 3.58. The lowest BCUT2D eigenvalue weighted by Crippen LogP contribution is -2.30. The van der Waals surface area contributed by atoms with E-state index in [1.165, 1.54) is 0 Å². The number of carbonyl (C=O) groups is 1. The maximum atomic E-state index is 11.2. The molecule has 3 aromatic rings. The van der Waals surface area contributed by atoms with Gasteiger partial charge in [0.1, 0.15) is 5.75 Å².